The quantitative estimate of drug-likeness (QED) is 0.223. The van der Waals surface area contributed by atoms with E-state index < -0.39 is 23.5 Å². The summed E-state index contributed by atoms with van der Waals surface area (Å²) in [5.74, 6) is -2.14. The van der Waals surface area contributed by atoms with Crippen molar-refractivity contribution in [3.63, 3.8) is 0 Å². The number of hydrogen-bond acceptors (Lipinski definition) is 5. The minimum atomic E-state index is -1.25. The van der Waals surface area contributed by atoms with Gasteiger partial charge in [-0.15, -0.1) is 0 Å². The Morgan fingerprint density at radius 2 is 1.32 bits per heavy atom. The van der Waals surface area contributed by atoms with Crippen molar-refractivity contribution in [3.05, 3.63) is 108 Å². The van der Waals surface area contributed by atoms with Crippen LogP contribution in [0, 0.1) is 11.6 Å². The Morgan fingerprint density at radius 3 is 1.98 bits per heavy atom. The van der Waals surface area contributed by atoms with Gasteiger partial charge in [-0.05, 0) is 92.4 Å². The molecule has 0 unspecified atom stereocenters. The summed E-state index contributed by atoms with van der Waals surface area (Å²) in [6.07, 6.45) is 4.56. The highest BCUT2D eigenvalue weighted by Gasteiger charge is 2.18. The minimum absolute atomic E-state index is 0.0975. The Bertz CT molecular complexity index is 1530. The number of halogens is 2. The van der Waals surface area contributed by atoms with E-state index >= 15 is 0 Å². The monoisotopic (exact) mass is 545 g/mol. The second-order valence-corrected chi connectivity index (χ2v) is 9.27. The van der Waals surface area contributed by atoms with E-state index in [0.717, 1.165) is 37.8 Å². The maximum absolute atomic E-state index is 13.5. The van der Waals surface area contributed by atoms with Crippen LogP contribution in [0.3, 0.4) is 0 Å². The molecule has 0 aromatic heterocycles. The summed E-state index contributed by atoms with van der Waals surface area (Å²) >= 11 is 0. The highest BCUT2D eigenvalue weighted by molar-refractivity contribution is 6.07. The van der Waals surface area contributed by atoms with Gasteiger partial charge in [0.2, 0.25) is 0 Å². The second-order valence-electron chi connectivity index (χ2n) is 9.27. The number of amides is 1. The Kier molecular flexibility index (Phi) is 7.91. The Hall–Kier alpha value is -4.92. The van der Waals surface area contributed by atoms with Crippen LogP contribution in [0.4, 0.5) is 14.5 Å². The molecule has 1 fully saturated rings. The van der Waals surface area contributed by atoms with Crippen LogP contribution in [0.2, 0.25) is 0 Å². The molecule has 0 saturated heterocycles. The molecule has 4 aromatic carbocycles. The first kappa shape index (κ1) is 26.7. The van der Waals surface area contributed by atoms with Gasteiger partial charge in [-0.25, -0.2) is 13.6 Å². The summed E-state index contributed by atoms with van der Waals surface area (Å²) < 4.78 is 43.9. The smallest absolute Gasteiger partial charge is 0.337 e. The molecule has 0 bridgehead atoms. The number of carboxylic acids is 1. The van der Waals surface area contributed by atoms with Gasteiger partial charge in [-0.1, -0.05) is 6.07 Å². The molecule has 2 N–H and O–H groups in total. The van der Waals surface area contributed by atoms with Gasteiger partial charge in [-0.3, -0.25) is 4.79 Å². The lowest BCUT2D eigenvalue weighted by Crippen LogP contribution is -2.15. The molecule has 204 valence electrons. The van der Waals surface area contributed by atoms with Gasteiger partial charge in [0.25, 0.3) is 5.91 Å². The fourth-order valence-corrected chi connectivity index (χ4v) is 4.36. The number of aromatic carboxylic acids is 1. The number of hydrogen-bond donors (Lipinski definition) is 2. The Balaban J connectivity index is 1.26. The lowest BCUT2D eigenvalue weighted by molar-refractivity contribution is 0.0697. The number of ether oxygens (including phenoxy) is 3. The summed E-state index contributed by atoms with van der Waals surface area (Å²) in [4.78, 5) is 24.8. The number of rotatable bonds is 9. The molecule has 1 saturated carbocycles. The average molecular weight is 546 g/mol. The summed E-state index contributed by atoms with van der Waals surface area (Å²) in [5.41, 5.74) is 0.293. The largest absolute Gasteiger partial charge is 0.490 e. The number of anilines is 1. The third kappa shape index (κ3) is 6.55. The minimum Gasteiger partial charge on any atom is -0.490 e. The zero-order valence-corrected chi connectivity index (χ0v) is 21.2. The van der Waals surface area contributed by atoms with Gasteiger partial charge < -0.3 is 24.6 Å². The molecule has 0 radical (unpaired) electrons. The lowest BCUT2D eigenvalue weighted by atomic mass is 10.1. The normalized spacial score (nSPS) is 13.1. The van der Waals surface area contributed by atoms with E-state index in [-0.39, 0.29) is 28.9 Å². The zero-order valence-electron chi connectivity index (χ0n) is 21.2. The summed E-state index contributed by atoms with van der Waals surface area (Å²) in [6.45, 7) is 0. The third-order valence-electron chi connectivity index (χ3n) is 6.36. The first-order chi connectivity index (χ1) is 19.3. The van der Waals surface area contributed by atoms with Crippen molar-refractivity contribution >= 4 is 17.6 Å². The highest BCUT2D eigenvalue weighted by Crippen LogP contribution is 2.31. The molecule has 0 atom stereocenters. The SMILES string of the molecule is O=C(Nc1ccc(Oc2cccc(Oc3ccc(F)c(F)c3)c2)cc1C(=O)O)c1ccc(OC2CCCC2)cc1. The molecular formula is C31H25F2NO6. The highest BCUT2D eigenvalue weighted by atomic mass is 19.2. The number of carbonyl (C=O) groups excluding carboxylic acids is 1. The molecule has 9 heteroatoms. The van der Waals surface area contributed by atoms with Crippen LogP contribution in [0.25, 0.3) is 0 Å². The maximum Gasteiger partial charge on any atom is 0.337 e. The van der Waals surface area contributed by atoms with Crippen LogP contribution in [0.5, 0.6) is 28.7 Å². The molecule has 4 aromatic rings. The van der Waals surface area contributed by atoms with Crippen LogP contribution in [0.1, 0.15) is 46.4 Å². The van der Waals surface area contributed by atoms with Gasteiger partial charge in [0.05, 0.1) is 17.4 Å². The van der Waals surface area contributed by atoms with E-state index in [0.29, 0.717) is 22.8 Å². The van der Waals surface area contributed by atoms with Crippen molar-refractivity contribution in [2.45, 2.75) is 31.8 Å². The van der Waals surface area contributed by atoms with Gasteiger partial charge in [0, 0.05) is 17.7 Å². The van der Waals surface area contributed by atoms with Crippen LogP contribution < -0.4 is 19.5 Å². The first-order valence-electron chi connectivity index (χ1n) is 12.7. The molecule has 1 amide bonds. The van der Waals surface area contributed by atoms with Crippen molar-refractivity contribution in [2.75, 3.05) is 5.32 Å². The molecular weight excluding hydrogens is 520 g/mol. The molecule has 40 heavy (non-hydrogen) atoms. The summed E-state index contributed by atoms with van der Waals surface area (Å²) in [7, 11) is 0. The van der Waals surface area contributed by atoms with Crippen molar-refractivity contribution in [3.8, 4) is 28.7 Å². The van der Waals surface area contributed by atoms with Crippen LogP contribution >= 0.6 is 0 Å². The molecule has 7 nitrogen and oxygen atoms in total. The van der Waals surface area contributed by atoms with E-state index in [2.05, 4.69) is 5.32 Å². The van der Waals surface area contributed by atoms with Crippen molar-refractivity contribution in [1.29, 1.82) is 0 Å². The van der Waals surface area contributed by atoms with Gasteiger partial charge >= 0.3 is 5.97 Å². The van der Waals surface area contributed by atoms with E-state index in [1.54, 1.807) is 42.5 Å². The van der Waals surface area contributed by atoms with Crippen molar-refractivity contribution < 1.29 is 37.7 Å². The van der Waals surface area contributed by atoms with Crippen molar-refractivity contribution in [2.24, 2.45) is 0 Å². The van der Waals surface area contributed by atoms with Crippen LogP contribution in [-0.4, -0.2) is 23.1 Å². The van der Waals surface area contributed by atoms with Crippen molar-refractivity contribution in [1.82, 2.24) is 0 Å². The van der Waals surface area contributed by atoms with Gasteiger partial charge in [-0.2, -0.15) is 0 Å². The standard InChI is InChI=1S/C31H25F2NO6/c32-27-14-12-25(18-28(27)33)40-23-7-3-6-22(16-23)39-24-13-15-29(26(17-24)31(36)37)34-30(35)19-8-10-21(11-9-19)38-20-4-1-2-5-20/h3,6-18,20H,1-2,4-5H2,(H,34,35)(H,36,37). The van der Waals surface area contributed by atoms with Crippen LogP contribution in [0.15, 0.2) is 84.9 Å². The Labute approximate surface area is 228 Å². The fraction of sp³-hybridized carbons (Fsp3) is 0.161. The topological polar surface area (TPSA) is 94.1 Å². The number of carbonyl (C=O) groups is 2. The summed E-state index contributed by atoms with van der Waals surface area (Å²) in [6, 6.07) is 20.5. The molecule has 1 aliphatic carbocycles. The number of nitrogens with one attached hydrogen (secondary N) is 1. The van der Waals surface area contributed by atoms with E-state index in [1.807, 2.05) is 0 Å². The predicted octanol–water partition coefficient (Wildman–Crippen LogP) is 7.82. The second kappa shape index (κ2) is 11.9. The lowest BCUT2D eigenvalue weighted by Gasteiger charge is -2.14. The molecule has 5 rings (SSSR count). The predicted molar refractivity (Wildman–Crippen MR) is 144 cm³/mol. The third-order valence-corrected chi connectivity index (χ3v) is 6.36. The molecule has 0 aliphatic heterocycles. The first-order valence-corrected chi connectivity index (χ1v) is 12.7. The van der Waals surface area contributed by atoms with Gasteiger partial charge in [0.15, 0.2) is 11.6 Å². The molecule has 0 spiro atoms. The molecule has 1 aliphatic rings. The average Bonchev–Trinajstić information content (AvgIpc) is 3.45. The molecule has 0 heterocycles. The fourth-order valence-electron chi connectivity index (χ4n) is 4.36. The van der Waals surface area contributed by atoms with E-state index in [1.165, 1.54) is 30.3 Å². The number of carboxylic acid groups (broad SMARTS) is 1. The van der Waals surface area contributed by atoms with Gasteiger partial charge in [0.1, 0.15) is 28.7 Å². The zero-order chi connectivity index (χ0) is 28.1. The van der Waals surface area contributed by atoms with E-state index in [4.69, 9.17) is 14.2 Å². The van der Waals surface area contributed by atoms with Crippen LogP contribution in [-0.2, 0) is 0 Å². The number of benzene rings is 4. The Morgan fingerprint density at radius 1 is 0.725 bits per heavy atom. The maximum atomic E-state index is 13.5. The summed E-state index contributed by atoms with van der Waals surface area (Å²) in [5, 5.41) is 12.4. The van der Waals surface area contributed by atoms with E-state index in [9.17, 15) is 23.5 Å².